The van der Waals surface area contributed by atoms with Crippen LogP contribution in [0.2, 0.25) is 0 Å². The first kappa shape index (κ1) is 22.4. The first-order chi connectivity index (χ1) is 14.0. The second kappa shape index (κ2) is 11.2. The van der Waals surface area contributed by atoms with E-state index in [0.717, 1.165) is 40.3 Å². The number of anilines is 2. The normalized spacial score (nSPS) is 11.6. The Hall–Kier alpha value is -2.86. The molecular weight excluding hydrogens is 366 g/mol. The third kappa shape index (κ3) is 6.61. The van der Waals surface area contributed by atoms with Crippen molar-refractivity contribution in [2.75, 3.05) is 37.4 Å². The van der Waals surface area contributed by atoms with Crippen molar-refractivity contribution in [3.63, 3.8) is 0 Å². The van der Waals surface area contributed by atoms with E-state index in [0.29, 0.717) is 12.2 Å². The summed E-state index contributed by atoms with van der Waals surface area (Å²) in [5.74, 6) is 0.539. The lowest BCUT2D eigenvalue weighted by atomic mass is 10.0. The number of para-hydroxylation sites is 1. The summed E-state index contributed by atoms with van der Waals surface area (Å²) >= 11 is 0. The van der Waals surface area contributed by atoms with Gasteiger partial charge >= 0.3 is 0 Å². The van der Waals surface area contributed by atoms with E-state index in [1.54, 1.807) is 31.4 Å². The average molecular weight is 399 g/mol. The number of likely N-dealkylation sites (N-methyl/N-ethyl adjacent to an activating group) is 1. The van der Waals surface area contributed by atoms with E-state index >= 15 is 0 Å². The molecule has 1 atom stereocenters. The van der Waals surface area contributed by atoms with Gasteiger partial charge in [-0.2, -0.15) is 0 Å². The average Bonchev–Trinajstić information content (AvgIpc) is 2.73. The summed E-state index contributed by atoms with van der Waals surface area (Å²) in [6.45, 7) is 7.29. The van der Waals surface area contributed by atoms with Crippen LogP contribution in [0.25, 0.3) is 0 Å². The topological polar surface area (TPSA) is 71.9 Å². The van der Waals surface area contributed by atoms with E-state index in [2.05, 4.69) is 24.5 Å². The lowest BCUT2D eigenvalue weighted by molar-refractivity contribution is -0.881. The molecule has 0 fully saturated rings. The molecule has 2 amide bonds. The molecule has 0 aliphatic carbocycles. The molecule has 0 aliphatic rings. The number of hydrogen-bond acceptors (Lipinski definition) is 3. The van der Waals surface area contributed by atoms with E-state index in [1.807, 2.05) is 25.1 Å². The maximum Gasteiger partial charge on any atom is 0.279 e. The number of methoxy groups -OCH3 is 1. The second-order valence-electron chi connectivity index (χ2n) is 6.94. The van der Waals surface area contributed by atoms with Crippen molar-refractivity contribution in [3.8, 4) is 5.75 Å². The van der Waals surface area contributed by atoms with Crippen molar-refractivity contribution >= 4 is 23.2 Å². The van der Waals surface area contributed by atoms with E-state index in [1.165, 1.54) is 0 Å². The Labute approximate surface area is 173 Å². The highest BCUT2D eigenvalue weighted by molar-refractivity contribution is 5.94. The van der Waals surface area contributed by atoms with Gasteiger partial charge in [-0.25, -0.2) is 0 Å². The maximum absolute atomic E-state index is 12.7. The monoisotopic (exact) mass is 398 g/mol. The molecule has 0 spiro atoms. The molecule has 0 radical (unpaired) electrons. The van der Waals surface area contributed by atoms with Crippen LogP contribution in [0.15, 0.2) is 42.5 Å². The van der Waals surface area contributed by atoms with Gasteiger partial charge in [0.05, 0.1) is 13.7 Å². The van der Waals surface area contributed by atoms with E-state index in [9.17, 15) is 9.59 Å². The van der Waals surface area contributed by atoms with Gasteiger partial charge in [0, 0.05) is 11.4 Å². The quantitative estimate of drug-likeness (QED) is 0.575. The van der Waals surface area contributed by atoms with Crippen LogP contribution in [0.3, 0.4) is 0 Å². The largest absolute Gasteiger partial charge is 0.497 e. The summed E-state index contributed by atoms with van der Waals surface area (Å²) in [6, 6.07) is 13.3. The number of quaternary nitrogens is 1. The van der Waals surface area contributed by atoms with E-state index in [4.69, 9.17) is 4.74 Å². The summed E-state index contributed by atoms with van der Waals surface area (Å²) in [5.41, 5.74) is 3.89. The molecule has 0 saturated heterocycles. The SMILES string of the molecule is CCc1cccc(CC)c1NC(=O)C[NH+](CC)CC(=O)Nc1ccc(OC)cc1. The van der Waals surface area contributed by atoms with Crippen molar-refractivity contribution in [2.45, 2.75) is 33.6 Å². The number of benzene rings is 2. The Morgan fingerprint density at radius 1 is 0.862 bits per heavy atom. The molecule has 0 heterocycles. The molecule has 0 saturated carbocycles. The van der Waals surface area contributed by atoms with Crippen LogP contribution in [0, 0.1) is 0 Å². The van der Waals surface area contributed by atoms with Crippen molar-refractivity contribution < 1.29 is 19.2 Å². The molecule has 3 N–H and O–H groups in total. The van der Waals surface area contributed by atoms with Gasteiger partial charge in [-0.05, 0) is 55.2 Å². The predicted octanol–water partition coefficient (Wildman–Crippen LogP) is 2.30. The zero-order valence-corrected chi connectivity index (χ0v) is 17.8. The lowest BCUT2D eigenvalue weighted by Crippen LogP contribution is -3.13. The number of ether oxygens (including phenoxy) is 1. The molecule has 0 aliphatic heterocycles. The standard InChI is InChI=1S/C23H31N3O3/c1-5-17-9-8-10-18(6-2)23(17)25-22(28)16-26(7-3)15-21(27)24-19-11-13-20(29-4)14-12-19/h8-14H,5-7,15-16H2,1-4H3,(H,24,27)(H,25,28)/p+1. The van der Waals surface area contributed by atoms with E-state index in [-0.39, 0.29) is 24.9 Å². The highest BCUT2D eigenvalue weighted by Gasteiger charge is 2.18. The number of rotatable bonds is 10. The number of nitrogens with one attached hydrogen (secondary N) is 3. The van der Waals surface area contributed by atoms with Crippen molar-refractivity contribution in [2.24, 2.45) is 0 Å². The highest BCUT2D eigenvalue weighted by Crippen LogP contribution is 2.22. The molecule has 2 aromatic rings. The molecule has 29 heavy (non-hydrogen) atoms. The third-order valence-corrected chi connectivity index (χ3v) is 4.96. The molecule has 2 rings (SSSR count). The van der Waals surface area contributed by atoms with Crippen LogP contribution < -0.4 is 20.3 Å². The minimum absolute atomic E-state index is 0.0744. The van der Waals surface area contributed by atoms with Crippen LogP contribution in [0.4, 0.5) is 11.4 Å². The Kier molecular flexibility index (Phi) is 8.68. The third-order valence-electron chi connectivity index (χ3n) is 4.96. The highest BCUT2D eigenvalue weighted by atomic mass is 16.5. The van der Waals surface area contributed by atoms with Gasteiger partial charge in [-0.3, -0.25) is 9.59 Å². The first-order valence-electron chi connectivity index (χ1n) is 10.2. The van der Waals surface area contributed by atoms with Gasteiger partial charge < -0.3 is 20.3 Å². The van der Waals surface area contributed by atoms with Gasteiger partial charge in [0.2, 0.25) is 0 Å². The molecule has 1 unspecified atom stereocenters. The number of aryl methyl sites for hydroxylation is 2. The molecule has 6 nitrogen and oxygen atoms in total. The molecule has 2 aromatic carbocycles. The van der Waals surface area contributed by atoms with Gasteiger partial charge in [0.1, 0.15) is 5.75 Å². The van der Waals surface area contributed by atoms with Crippen molar-refractivity contribution in [1.82, 2.24) is 0 Å². The summed E-state index contributed by atoms with van der Waals surface area (Å²) in [4.78, 5) is 25.9. The van der Waals surface area contributed by atoms with Crippen LogP contribution in [-0.4, -0.2) is 38.6 Å². The smallest absolute Gasteiger partial charge is 0.279 e. The zero-order valence-electron chi connectivity index (χ0n) is 17.8. The Morgan fingerprint density at radius 2 is 1.41 bits per heavy atom. The summed E-state index contributed by atoms with van der Waals surface area (Å²) in [6.07, 6.45) is 1.72. The van der Waals surface area contributed by atoms with E-state index < -0.39 is 0 Å². The zero-order chi connectivity index (χ0) is 21.2. The first-order valence-corrected chi connectivity index (χ1v) is 10.2. The Bertz CT molecular complexity index is 796. The van der Waals surface area contributed by atoms with Gasteiger partial charge in [0.25, 0.3) is 11.8 Å². The van der Waals surface area contributed by atoms with Crippen molar-refractivity contribution in [3.05, 3.63) is 53.6 Å². The van der Waals surface area contributed by atoms with Crippen LogP contribution in [0.1, 0.15) is 31.9 Å². The maximum atomic E-state index is 12.7. The van der Waals surface area contributed by atoms with Gasteiger partial charge in [-0.15, -0.1) is 0 Å². The number of amides is 2. The number of hydrogen-bond donors (Lipinski definition) is 3. The Morgan fingerprint density at radius 3 is 1.90 bits per heavy atom. The molecule has 156 valence electrons. The Balaban J connectivity index is 1.95. The minimum atomic E-state index is -0.122. The number of carbonyl (C=O) groups excluding carboxylic acids is 2. The fraction of sp³-hybridized carbons (Fsp3) is 0.391. The molecular formula is C23H32N3O3+. The van der Waals surface area contributed by atoms with Crippen LogP contribution >= 0.6 is 0 Å². The summed E-state index contributed by atoms with van der Waals surface area (Å²) < 4.78 is 5.12. The minimum Gasteiger partial charge on any atom is -0.497 e. The summed E-state index contributed by atoms with van der Waals surface area (Å²) in [5, 5.41) is 5.95. The fourth-order valence-electron chi connectivity index (χ4n) is 3.23. The van der Waals surface area contributed by atoms with Gasteiger partial charge in [-0.1, -0.05) is 32.0 Å². The van der Waals surface area contributed by atoms with Crippen LogP contribution in [-0.2, 0) is 22.4 Å². The fourth-order valence-corrected chi connectivity index (χ4v) is 3.23. The molecule has 0 bridgehead atoms. The second-order valence-corrected chi connectivity index (χ2v) is 6.94. The summed E-state index contributed by atoms with van der Waals surface area (Å²) in [7, 11) is 1.60. The van der Waals surface area contributed by atoms with Crippen LogP contribution in [0.5, 0.6) is 5.75 Å². The lowest BCUT2D eigenvalue weighted by Gasteiger charge is -2.19. The molecule has 6 heteroatoms. The number of carbonyl (C=O) groups is 2. The van der Waals surface area contributed by atoms with Crippen molar-refractivity contribution in [1.29, 1.82) is 0 Å². The predicted molar refractivity (Wildman–Crippen MR) is 117 cm³/mol. The molecule has 0 aromatic heterocycles. The van der Waals surface area contributed by atoms with Gasteiger partial charge in [0.15, 0.2) is 13.1 Å².